The van der Waals surface area contributed by atoms with Crippen molar-refractivity contribution in [3.8, 4) is 0 Å². The molecule has 1 atom stereocenters. The van der Waals surface area contributed by atoms with Gasteiger partial charge in [-0.25, -0.2) is 4.98 Å². The van der Waals surface area contributed by atoms with Gasteiger partial charge in [-0.2, -0.15) is 0 Å². The molecular weight excluding hydrogens is 326 g/mol. The zero-order valence-corrected chi connectivity index (χ0v) is 14.7. The molecule has 0 bridgehead atoms. The first-order chi connectivity index (χ1) is 11.6. The molecule has 2 aromatic rings. The summed E-state index contributed by atoms with van der Waals surface area (Å²) in [6, 6.07) is 7.31. The van der Waals surface area contributed by atoms with E-state index in [1.807, 2.05) is 18.2 Å². The van der Waals surface area contributed by atoms with E-state index in [9.17, 15) is 9.59 Å². The second-order valence-electron chi connectivity index (χ2n) is 6.04. The molecule has 6 nitrogen and oxygen atoms in total. The van der Waals surface area contributed by atoms with Crippen LogP contribution in [0.15, 0.2) is 34.2 Å². The quantitative estimate of drug-likeness (QED) is 0.609. The highest BCUT2D eigenvalue weighted by Crippen LogP contribution is 2.21. The number of fused-ring (bicyclic) bond motifs is 1. The van der Waals surface area contributed by atoms with Crippen LogP contribution < -0.4 is 5.56 Å². The van der Waals surface area contributed by atoms with Gasteiger partial charge in [-0.3, -0.25) is 14.2 Å². The molecule has 1 aliphatic rings. The number of thioether (sulfide) groups is 1. The fourth-order valence-electron chi connectivity index (χ4n) is 2.67. The molecule has 1 aromatic carbocycles. The summed E-state index contributed by atoms with van der Waals surface area (Å²) in [6.45, 7) is 1.22. The molecule has 1 aliphatic heterocycles. The van der Waals surface area contributed by atoms with Crippen molar-refractivity contribution in [3.05, 3.63) is 34.6 Å². The van der Waals surface area contributed by atoms with Gasteiger partial charge in [0.15, 0.2) is 5.16 Å². The number of carbonyl (C=O) groups is 1. The highest BCUT2D eigenvalue weighted by Gasteiger charge is 2.20. The Bertz CT molecular complexity index is 797. The molecule has 7 heteroatoms. The van der Waals surface area contributed by atoms with Crippen molar-refractivity contribution in [2.75, 3.05) is 26.5 Å². The smallest absolute Gasteiger partial charge is 0.262 e. The van der Waals surface area contributed by atoms with Crippen LogP contribution in [-0.2, 0) is 16.1 Å². The van der Waals surface area contributed by atoms with E-state index in [0.717, 1.165) is 19.4 Å². The molecule has 0 spiro atoms. The summed E-state index contributed by atoms with van der Waals surface area (Å²) in [4.78, 5) is 30.9. The Labute approximate surface area is 144 Å². The molecule has 0 saturated carbocycles. The van der Waals surface area contributed by atoms with E-state index in [1.165, 1.54) is 16.7 Å². The summed E-state index contributed by atoms with van der Waals surface area (Å²) >= 11 is 1.30. The summed E-state index contributed by atoms with van der Waals surface area (Å²) in [5.41, 5.74) is 0.585. The monoisotopic (exact) mass is 347 g/mol. The number of nitrogens with zero attached hydrogens (tertiary/aromatic N) is 3. The Morgan fingerprint density at radius 1 is 1.42 bits per heavy atom. The molecule has 1 amide bonds. The minimum absolute atomic E-state index is 0.00826. The van der Waals surface area contributed by atoms with E-state index in [-0.39, 0.29) is 23.3 Å². The van der Waals surface area contributed by atoms with Gasteiger partial charge in [0.05, 0.1) is 29.3 Å². The van der Waals surface area contributed by atoms with Gasteiger partial charge in [-0.05, 0) is 25.0 Å². The Hall–Kier alpha value is -1.86. The van der Waals surface area contributed by atoms with E-state index >= 15 is 0 Å². The maximum Gasteiger partial charge on any atom is 0.262 e. The third kappa shape index (κ3) is 3.62. The Kier molecular flexibility index (Phi) is 5.20. The molecule has 0 N–H and O–H groups in total. The molecule has 1 saturated heterocycles. The molecule has 3 rings (SSSR count). The highest BCUT2D eigenvalue weighted by atomic mass is 32.2. The van der Waals surface area contributed by atoms with Crippen molar-refractivity contribution < 1.29 is 9.53 Å². The molecule has 2 heterocycles. The Morgan fingerprint density at radius 3 is 2.92 bits per heavy atom. The van der Waals surface area contributed by atoms with Crippen LogP contribution in [0.2, 0.25) is 0 Å². The fourth-order valence-corrected chi connectivity index (χ4v) is 3.65. The third-order valence-electron chi connectivity index (χ3n) is 4.06. The summed E-state index contributed by atoms with van der Waals surface area (Å²) in [5.74, 6) is 0.245. The number of amides is 1. The summed E-state index contributed by atoms with van der Waals surface area (Å²) in [5, 5.41) is 1.17. The van der Waals surface area contributed by atoms with Gasteiger partial charge in [0, 0.05) is 20.7 Å². The molecule has 1 unspecified atom stereocenters. The summed E-state index contributed by atoms with van der Waals surface area (Å²) < 4.78 is 7.33. The first kappa shape index (κ1) is 17.0. The van der Waals surface area contributed by atoms with E-state index in [1.54, 1.807) is 24.7 Å². The molecule has 1 fully saturated rings. The van der Waals surface area contributed by atoms with Crippen LogP contribution in [0.4, 0.5) is 0 Å². The number of aromatic nitrogens is 2. The second-order valence-corrected chi connectivity index (χ2v) is 6.98. The predicted octanol–water partition coefficient (Wildman–Crippen LogP) is 1.76. The minimum Gasteiger partial charge on any atom is -0.376 e. The van der Waals surface area contributed by atoms with Crippen molar-refractivity contribution in [1.82, 2.24) is 14.5 Å². The first-order valence-electron chi connectivity index (χ1n) is 8.00. The van der Waals surface area contributed by atoms with E-state index in [0.29, 0.717) is 22.6 Å². The van der Waals surface area contributed by atoms with Crippen LogP contribution in [0.25, 0.3) is 10.9 Å². The predicted molar refractivity (Wildman–Crippen MR) is 94.4 cm³/mol. The molecular formula is C17H21N3O3S. The van der Waals surface area contributed by atoms with Crippen molar-refractivity contribution in [3.63, 3.8) is 0 Å². The minimum atomic E-state index is -0.0732. The summed E-state index contributed by atoms with van der Waals surface area (Å²) in [7, 11) is 3.44. The van der Waals surface area contributed by atoms with Crippen molar-refractivity contribution in [1.29, 1.82) is 0 Å². The van der Waals surface area contributed by atoms with E-state index < -0.39 is 0 Å². The first-order valence-corrected chi connectivity index (χ1v) is 8.99. The number of hydrogen-bond acceptors (Lipinski definition) is 5. The zero-order valence-electron chi connectivity index (χ0n) is 13.9. The number of ether oxygens (including phenoxy) is 1. The third-order valence-corrected chi connectivity index (χ3v) is 5.02. The molecule has 0 aliphatic carbocycles. The number of para-hydroxylation sites is 1. The van der Waals surface area contributed by atoms with E-state index in [4.69, 9.17) is 4.74 Å². The lowest BCUT2D eigenvalue weighted by atomic mass is 10.2. The average molecular weight is 347 g/mol. The van der Waals surface area contributed by atoms with Crippen LogP contribution in [0.3, 0.4) is 0 Å². The Balaban J connectivity index is 1.97. The number of rotatable bonds is 5. The van der Waals surface area contributed by atoms with Crippen LogP contribution >= 0.6 is 11.8 Å². The summed E-state index contributed by atoms with van der Waals surface area (Å²) in [6.07, 6.45) is 2.00. The molecule has 128 valence electrons. The normalized spacial score (nSPS) is 17.3. The Morgan fingerprint density at radius 2 is 2.21 bits per heavy atom. The maximum absolute atomic E-state index is 12.9. The topological polar surface area (TPSA) is 64.4 Å². The zero-order chi connectivity index (χ0) is 17.1. The van der Waals surface area contributed by atoms with E-state index in [2.05, 4.69) is 4.98 Å². The van der Waals surface area contributed by atoms with Gasteiger partial charge in [0.2, 0.25) is 5.91 Å². The van der Waals surface area contributed by atoms with Crippen LogP contribution in [0, 0.1) is 0 Å². The lowest BCUT2D eigenvalue weighted by molar-refractivity contribution is -0.125. The standard InChI is InChI=1S/C17H21N3O3S/c1-19(2)15(21)11-24-17-18-14-8-4-3-7-13(14)16(22)20(17)10-12-6-5-9-23-12/h3-4,7-8,12H,5-6,9-11H2,1-2H3. The van der Waals surface area contributed by atoms with Crippen LogP contribution in [0.5, 0.6) is 0 Å². The maximum atomic E-state index is 12.9. The van der Waals surface area contributed by atoms with Gasteiger partial charge >= 0.3 is 0 Å². The van der Waals surface area contributed by atoms with Gasteiger partial charge in [-0.15, -0.1) is 0 Å². The average Bonchev–Trinajstić information content (AvgIpc) is 3.08. The molecule has 1 aromatic heterocycles. The largest absolute Gasteiger partial charge is 0.376 e. The number of carbonyl (C=O) groups excluding carboxylic acids is 1. The van der Waals surface area contributed by atoms with Gasteiger partial charge < -0.3 is 9.64 Å². The van der Waals surface area contributed by atoms with Gasteiger partial charge in [0.1, 0.15) is 0 Å². The lowest BCUT2D eigenvalue weighted by Gasteiger charge is -2.17. The number of benzene rings is 1. The highest BCUT2D eigenvalue weighted by molar-refractivity contribution is 7.99. The second kappa shape index (κ2) is 7.36. The van der Waals surface area contributed by atoms with Gasteiger partial charge in [0.25, 0.3) is 5.56 Å². The lowest BCUT2D eigenvalue weighted by Crippen LogP contribution is -2.29. The van der Waals surface area contributed by atoms with Crippen molar-refractivity contribution in [2.24, 2.45) is 0 Å². The van der Waals surface area contributed by atoms with Crippen LogP contribution in [0.1, 0.15) is 12.8 Å². The number of hydrogen-bond donors (Lipinski definition) is 0. The fraction of sp³-hybridized carbons (Fsp3) is 0.471. The van der Waals surface area contributed by atoms with Crippen molar-refractivity contribution >= 4 is 28.6 Å². The molecule has 0 radical (unpaired) electrons. The SMILES string of the molecule is CN(C)C(=O)CSc1nc2ccccc2c(=O)n1CC1CCCO1. The molecule has 24 heavy (non-hydrogen) atoms. The van der Waals surface area contributed by atoms with Crippen molar-refractivity contribution in [2.45, 2.75) is 30.6 Å². The van der Waals surface area contributed by atoms with Gasteiger partial charge in [-0.1, -0.05) is 23.9 Å². The van der Waals surface area contributed by atoms with Crippen LogP contribution in [-0.4, -0.2) is 52.9 Å².